The van der Waals surface area contributed by atoms with Crippen molar-refractivity contribution in [2.75, 3.05) is 52.3 Å². The SMILES string of the molecule is COCCN1CC[C@]2(CCN([C@@H]3CCc4cc(-c5cccc(-c6cccc(Nc7nc(C)cc8cnn(C)c(=O)c78)c6C)c5Cl)nc(OC)c43)C2)NC1=O. The number of rotatable bonds is 9. The number of methoxy groups -OCH3 is 2. The van der Waals surface area contributed by atoms with E-state index in [1.807, 2.05) is 61.2 Å². The van der Waals surface area contributed by atoms with Crippen LogP contribution in [-0.2, 0) is 18.2 Å². The second-order valence-corrected chi connectivity index (χ2v) is 15.1. The Hall–Kier alpha value is -5.04. The van der Waals surface area contributed by atoms with Crippen molar-refractivity contribution in [3.8, 4) is 28.3 Å². The maximum atomic E-state index is 13.1. The van der Waals surface area contributed by atoms with E-state index in [4.69, 9.17) is 31.0 Å². The molecule has 1 spiro atoms. The van der Waals surface area contributed by atoms with Crippen LogP contribution in [0, 0.1) is 13.8 Å². The molecule has 2 N–H and O–H groups in total. The van der Waals surface area contributed by atoms with Gasteiger partial charge in [0.05, 0.1) is 41.6 Å². The number of halogens is 1. The summed E-state index contributed by atoms with van der Waals surface area (Å²) < 4.78 is 12.5. The molecule has 2 saturated heterocycles. The quantitative estimate of drug-likeness (QED) is 0.172. The van der Waals surface area contributed by atoms with Gasteiger partial charge in [-0.2, -0.15) is 5.10 Å². The third-order valence-corrected chi connectivity index (χ3v) is 11.8. The lowest BCUT2D eigenvalue weighted by Gasteiger charge is -2.40. The summed E-state index contributed by atoms with van der Waals surface area (Å²) in [4.78, 5) is 40.2. The van der Waals surface area contributed by atoms with Crippen molar-refractivity contribution < 1.29 is 14.3 Å². The Morgan fingerprint density at radius 1 is 1.02 bits per heavy atom. The fourth-order valence-corrected chi connectivity index (χ4v) is 8.88. The number of carbonyl (C=O) groups excluding carboxylic acids is 1. The van der Waals surface area contributed by atoms with Crippen molar-refractivity contribution in [3.05, 3.63) is 92.5 Å². The molecule has 2 aromatic carbocycles. The van der Waals surface area contributed by atoms with Gasteiger partial charge >= 0.3 is 6.03 Å². The minimum absolute atomic E-state index is 0.00470. The second kappa shape index (κ2) is 14.3. The van der Waals surface area contributed by atoms with Crippen LogP contribution >= 0.6 is 11.6 Å². The van der Waals surface area contributed by atoms with E-state index in [2.05, 4.69) is 26.7 Å². The molecule has 5 heterocycles. The zero-order valence-electron chi connectivity index (χ0n) is 31.3. The van der Waals surface area contributed by atoms with E-state index < -0.39 is 0 Å². The Bertz CT molecular complexity index is 2350. The Morgan fingerprint density at radius 3 is 2.59 bits per heavy atom. The number of carbonyl (C=O) groups is 1. The largest absolute Gasteiger partial charge is 0.481 e. The monoisotopic (exact) mass is 748 g/mol. The number of ether oxygens (including phenoxy) is 2. The molecule has 1 aliphatic carbocycles. The third-order valence-electron chi connectivity index (χ3n) is 11.4. The number of amides is 2. The number of benzene rings is 2. The maximum Gasteiger partial charge on any atom is 0.317 e. The first-order valence-corrected chi connectivity index (χ1v) is 18.8. The lowest BCUT2D eigenvalue weighted by atomic mass is 9.92. The van der Waals surface area contributed by atoms with E-state index in [1.54, 1.807) is 27.5 Å². The Labute approximate surface area is 319 Å². The van der Waals surface area contributed by atoms with Gasteiger partial charge in [0.15, 0.2) is 0 Å². The van der Waals surface area contributed by atoms with Gasteiger partial charge in [-0.15, -0.1) is 0 Å². The van der Waals surface area contributed by atoms with E-state index in [-0.39, 0.29) is 23.2 Å². The number of likely N-dealkylation sites (tertiary alicyclic amines) is 1. The van der Waals surface area contributed by atoms with Crippen LogP contribution in [0.15, 0.2) is 59.5 Å². The van der Waals surface area contributed by atoms with Gasteiger partial charge in [-0.25, -0.2) is 19.4 Å². The molecular weight excluding hydrogens is 704 g/mol. The van der Waals surface area contributed by atoms with Crippen LogP contribution in [0.3, 0.4) is 0 Å². The minimum Gasteiger partial charge on any atom is -0.481 e. The number of hydrogen-bond acceptors (Lipinski definition) is 9. The van der Waals surface area contributed by atoms with Crippen LogP contribution in [0.4, 0.5) is 16.3 Å². The molecule has 13 heteroatoms. The molecular formula is C41H45ClN8O4. The third kappa shape index (κ3) is 6.35. The molecule has 0 saturated carbocycles. The van der Waals surface area contributed by atoms with Crippen molar-refractivity contribution in [2.45, 2.75) is 51.1 Å². The van der Waals surface area contributed by atoms with Crippen LogP contribution in [0.1, 0.15) is 47.7 Å². The summed E-state index contributed by atoms with van der Waals surface area (Å²) in [6.45, 7) is 7.51. The number of nitrogens with zero attached hydrogens (tertiary/aromatic N) is 6. The van der Waals surface area contributed by atoms with Gasteiger partial charge in [-0.05, 0) is 74.4 Å². The molecule has 2 amide bonds. The number of pyridine rings is 2. The van der Waals surface area contributed by atoms with Gasteiger partial charge in [0, 0.05) is 79.8 Å². The number of aryl methyl sites for hydroxylation is 3. The first kappa shape index (κ1) is 36.0. The molecule has 2 atom stereocenters. The lowest BCUT2D eigenvalue weighted by Crippen LogP contribution is -2.61. The first-order chi connectivity index (χ1) is 26.1. The van der Waals surface area contributed by atoms with Crippen LogP contribution < -0.4 is 20.9 Å². The van der Waals surface area contributed by atoms with Gasteiger partial charge in [-0.3, -0.25) is 9.69 Å². The average Bonchev–Trinajstić information content (AvgIpc) is 3.78. The standard InChI is InChI=1S/C41H45ClN8O4/c1-24-20-27-22-43-48(3)39(51)35(27)37(44-24)45-31-11-7-8-28(25(31)2)29-9-6-10-30(36(29)42)32-21-26-12-13-33(34(26)38(46-32)54-5)50-17-15-41(23-50)14-16-49(18-19-53-4)40(52)47-41/h6-11,20-22,33H,12-19,23H2,1-5H3,(H,44,45)(H,47,52)/t33-,41-/m1/s1. The molecule has 2 fully saturated rings. The topological polar surface area (TPSA) is 127 Å². The highest BCUT2D eigenvalue weighted by atomic mass is 35.5. The first-order valence-electron chi connectivity index (χ1n) is 18.5. The van der Waals surface area contributed by atoms with Crippen molar-refractivity contribution >= 4 is 39.9 Å². The van der Waals surface area contributed by atoms with E-state index >= 15 is 0 Å². The highest BCUT2D eigenvalue weighted by Crippen LogP contribution is 2.47. The van der Waals surface area contributed by atoms with E-state index in [0.29, 0.717) is 35.3 Å². The fraction of sp³-hybridized carbons (Fsp3) is 0.390. The Balaban J connectivity index is 1.07. The molecule has 3 aliphatic rings. The van der Waals surface area contributed by atoms with Gasteiger partial charge in [-0.1, -0.05) is 41.9 Å². The van der Waals surface area contributed by atoms with Gasteiger partial charge < -0.3 is 25.0 Å². The number of aromatic nitrogens is 4. The predicted molar refractivity (Wildman–Crippen MR) is 211 cm³/mol. The predicted octanol–water partition coefficient (Wildman–Crippen LogP) is 6.57. The summed E-state index contributed by atoms with van der Waals surface area (Å²) in [5.74, 6) is 1.10. The summed E-state index contributed by atoms with van der Waals surface area (Å²) in [5, 5.41) is 12.8. The molecule has 280 valence electrons. The highest BCUT2D eigenvalue weighted by Gasteiger charge is 2.46. The molecule has 5 aromatic rings. The van der Waals surface area contributed by atoms with Crippen LogP contribution in [0.2, 0.25) is 5.02 Å². The van der Waals surface area contributed by atoms with E-state index in [1.165, 1.54) is 10.2 Å². The van der Waals surface area contributed by atoms with Gasteiger partial charge in [0.1, 0.15) is 5.82 Å². The van der Waals surface area contributed by atoms with Crippen LogP contribution in [-0.4, -0.2) is 88.1 Å². The normalized spacial score (nSPS) is 19.8. The van der Waals surface area contributed by atoms with Gasteiger partial charge in [0.25, 0.3) is 5.56 Å². The van der Waals surface area contributed by atoms with Gasteiger partial charge in [0.2, 0.25) is 5.88 Å². The Morgan fingerprint density at radius 2 is 1.80 bits per heavy atom. The van der Waals surface area contributed by atoms with Crippen LogP contribution in [0.5, 0.6) is 5.88 Å². The minimum atomic E-state index is -0.220. The maximum absolute atomic E-state index is 13.1. The van der Waals surface area contributed by atoms with Crippen molar-refractivity contribution in [2.24, 2.45) is 7.05 Å². The molecule has 8 rings (SSSR count). The summed E-state index contributed by atoms with van der Waals surface area (Å²) in [7, 11) is 4.98. The smallest absolute Gasteiger partial charge is 0.317 e. The molecule has 54 heavy (non-hydrogen) atoms. The molecule has 0 radical (unpaired) electrons. The number of nitrogens with one attached hydrogen (secondary N) is 2. The number of urea groups is 1. The zero-order valence-corrected chi connectivity index (χ0v) is 32.1. The van der Waals surface area contributed by atoms with Crippen LogP contribution in [0.25, 0.3) is 33.2 Å². The number of hydrogen-bond donors (Lipinski definition) is 2. The Kier molecular flexibility index (Phi) is 9.53. The average molecular weight is 749 g/mol. The summed E-state index contributed by atoms with van der Waals surface area (Å²) in [5.41, 5.74) is 7.86. The molecule has 12 nitrogen and oxygen atoms in total. The summed E-state index contributed by atoms with van der Waals surface area (Å²) in [6, 6.07) is 16.2. The molecule has 0 unspecified atom stereocenters. The summed E-state index contributed by atoms with van der Waals surface area (Å²) in [6.07, 6.45) is 5.38. The van der Waals surface area contributed by atoms with E-state index in [0.717, 1.165) is 95.6 Å². The molecule has 3 aromatic heterocycles. The second-order valence-electron chi connectivity index (χ2n) is 14.7. The van der Waals surface area contributed by atoms with Crippen molar-refractivity contribution in [3.63, 3.8) is 0 Å². The van der Waals surface area contributed by atoms with Crippen molar-refractivity contribution in [1.82, 2.24) is 34.9 Å². The summed E-state index contributed by atoms with van der Waals surface area (Å²) >= 11 is 7.29. The lowest BCUT2D eigenvalue weighted by molar-refractivity contribution is 0.114. The highest BCUT2D eigenvalue weighted by molar-refractivity contribution is 6.36. The molecule has 2 aliphatic heterocycles. The van der Waals surface area contributed by atoms with Crippen molar-refractivity contribution in [1.29, 1.82) is 0 Å². The zero-order chi connectivity index (χ0) is 37.7. The molecule has 0 bridgehead atoms. The number of fused-ring (bicyclic) bond motifs is 2. The number of anilines is 2. The van der Waals surface area contributed by atoms with E-state index in [9.17, 15) is 9.59 Å². The fourth-order valence-electron chi connectivity index (χ4n) is 8.56.